The van der Waals surface area contributed by atoms with Crippen molar-refractivity contribution in [3.63, 3.8) is 0 Å². The summed E-state index contributed by atoms with van der Waals surface area (Å²) in [5, 5.41) is 20.8. The van der Waals surface area contributed by atoms with Crippen molar-refractivity contribution in [2.45, 2.75) is 23.1 Å². The van der Waals surface area contributed by atoms with Crippen molar-refractivity contribution < 1.29 is 10.0 Å². The number of nitrogens with one attached hydrogen (secondary N) is 1. The largest absolute Gasteiger partial charge is 0.389 e. The van der Waals surface area contributed by atoms with Gasteiger partial charge in [0, 0.05) is 18.3 Å². The standard InChI is InChI=1S/C12H11N3O4S/c1-7(16)8-2-3-10(9(6-8)15(18)19)20-12-13-5-4-11(17)14-12/h2-7,16H,1H3,(H,13,14,17)/t7-/m1/s1. The van der Waals surface area contributed by atoms with E-state index in [1.807, 2.05) is 0 Å². The lowest BCUT2D eigenvalue weighted by Crippen LogP contribution is -2.05. The average Bonchev–Trinajstić information content (AvgIpc) is 2.38. The van der Waals surface area contributed by atoms with E-state index in [4.69, 9.17) is 0 Å². The number of hydrogen-bond donors (Lipinski definition) is 2. The van der Waals surface area contributed by atoms with Crippen LogP contribution in [0.1, 0.15) is 18.6 Å². The smallest absolute Gasteiger partial charge is 0.283 e. The van der Waals surface area contributed by atoms with Crippen molar-refractivity contribution in [1.29, 1.82) is 0 Å². The maximum atomic E-state index is 11.2. The molecule has 104 valence electrons. The summed E-state index contributed by atoms with van der Waals surface area (Å²) in [5.74, 6) is 0. The van der Waals surface area contributed by atoms with E-state index in [2.05, 4.69) is 9.97 Å². The Morgan fingerprint density at radius 3 is 2.80 bits per heavy atom. The van der Waals surface area contributed by atoms with Gasteiger partial charge in [0.25, 0.3) is 11.2 Å². The van der Waals surface area contributed by atoms with Gasteiger partial charge in [-0.25, -0.2) is 4.98 Å². The predicted molar refractivity (Wildman–Crippen MR) is 72.7 cm³/mol. The first-order valence-corrected chi connectivity index (χ1v) is 6.48. The van der Waals surface area contributed by atoms with E-state index in [0.717, 1.165) is 11.8 Å². The van der Waals surface area contributed by atoms with Gasteiger partial charge in [-0.1, -0.05) is 6.07 Å². The molecule has 2 rings (SSSR count). The Balaban J connectivity index is 2.41. The Bertz CT molecular complexity index is 699. The molecule has 2 aromatic rings. The highest BCUT2D eigenvalue weighted by Gasteiger charge is 2.18. The number of nitrogens with zero attached hydrogens (tertiary/aromatic N) is 2. The van der Waals surface area contributed by atoms with Gasteiger partial charge in [-0.15, -0.1) is 0 Å². The Hall–Kier alpha value is -2.19. The first-order chi connectivity index (χ1) is 9.47. The first-order valence-electron chi connectivity index (χ1n) is 5.67. The molecule has 1 aromatic heterocycles. The molecule has 1 aromatic carbocycles. The molecule has 0 saturated carbocycles. The summed E-state index contributed by atoms with van der Waals surface area (Å²) in [6.45, 7) is 1.53. The molecule has 0 amide bonds. The Labute approximate surface area is 117 Å². The number of aromatic amines is 1. The minimum atomic E-state index is -0.789. The first kappa shape index (κ1) is 14.2. The molecule has 0 radical (unpaired) electrons. The third kappa shape index (κ3) is 3.22. The highest BCUT2D eigenvalue weighted by Crippen LogP contribution is 2.34. The van der Waals surface area contributed by atoms with Crippen LogP contribution in [0.3, 0.4) is 0 Å². The van der Waals surface area contributed by atoms with E-state index in [-0.39, 0.29) is 16.4 Å². The Morgan fingerprint density at radius 1 is 1.45 bits per heavy atom. The maximum absolute atomic E-state index is 11.2. The van der Waals surface area contributed by atoms with E-state index in [1.54, 1.807) is 6.07 Å². The number of hydrogen-bond acceptors (Lipinski definition) is 6. The van der Waals surface area contributed by atoms with Crippen LogP contribution >= 0.6 is 11.8 Å². The summed E-state index contributed by atoms with van der Waals surface area (Å²) < 4.78 is 0. The van der Waals surface area contributed by atoms with Crippen LogP contribution < -0.4 is 5.56 Å². The normalized spacial score (nSPS) is 12.1. The van der Waals surface area contributed by atoms with Crippen LogP contribution in [-0.2, 0) is 0 Å². The van der Waals surface area contributed by atoms with Gasteiger partial charge in [0.1, 0.15) is 0 Å². The molecule has 2 N–H and O–H groups in total. The summed E-state index contributed by atoms with van der Waals surface area (Å²) in [6, 6.07) is 5.70. The molecule has 0 aliphatic heterocycles. The van der Waals surface area contributed by atoms with Crippen LogP contribution in [0.4, 0.5) is 5.69 Å². The van der Waals surface area contributed by atoms with Gasteiger partial charge in [-0.2, -0.15) is 0 Å². The number of nitro benzene ring substituents is 1. The van der Waals surface area contributed by atoms with Crippen molar-refractivity contribution in [3.05, 3.63) is 56.5 Å². The van der Waals surface area contributed by atoms with Gasteiger partial charge in [-0.3, -0.25) is 14.9 Å². The number of benzene rings is 1. The topological polar surface area (TPSA) is 109 Å². The quantitative estimate of drug-likeness (QED) is 0.506. The second-order valence-corrected chi connectivity index (χ2v) is 5.03. The second kappa shape index (κ2) is 5.85. The van der Waals surface area contributed by atoms with Crippen molar-refractivity contribution in [2.75, 3.05) is 0 Å². The highest BCUT2D eigenvalue weighted by atomic mass is 32.2. The predicted octanol–water partition coefficient (Wildman–Crippen LogP) is 1.88. The molecule has 0 unspecified atom stereocenters. The Kier molecular flexibility index (Phi) is 4.16. The molecule has 7 nitrogen and oxygen atoms in total. The molecular formula is C12H11N3O4S. The third-order valence-corrected chi connectivity index (χ3v) is 3.48. The van der Waals surface area contributed by atoms with E-state index in [1.165, 1.54) is 31.3 Å². The van der Waals surface area contributed by atoms with Crippen molar-refractivity contribution in [2.24, 2.45) is 0 Å². The van der Waals surface area contributed by atoms with Gasteiger partial charge >= 0.3 is 0 Å². The second-order valence-electron chi connectivity index (χ2n) is 4.00. The molecule has 0 fully saturated rings. The van der Waals surface area contributed by atoms with E-state index < -0.39 is 11.0 Å². The lowest BCUT2D eigenvalue weighted by atomic mass is 10.1. The summed E-state index contributed by atoms with van der Waals surface area (Å²) in [4.78, 5) is 28.5. The molecule has 8 heteroatoms. The average molecular weight is 293 g/mol. The molecule has 0 aliphatic rings. The molecule has 0 aliphatic carbocycles. The van der Waals surface area contributed by atoms with Crippen LogP contribution in [-0.4, -0.2) is 20.0 Å². The fourth-order valence-electron chi connectivity index (χ4n) is 1.53. The Morgan fingerprint density at radius 2 is 2.20 bits per heavy atom. The summed E-state index contributed by atoms with van der Waals surface area (Å²) in [6.07, 6.45) is 0.541. The molecule has 1 heterocycles. The third-order valence-electron chi connectivity index (χ3n) is 2.52. The van der Waals surface area contributed by atoms with E-state index >= 15 is 0 Å². The van der Waals surface area contributed by atoms with Gasteiger partial charge < -0.3 is 10.1 Å². The van der Waals surface area contributed by atoms with Gasteiger partial charge in [0.05, 0.1) is 15.9 Å². The van der Waals surface area contributed by atoms with Crippen LogP contribution in [0.2, 0.25) is 0 Å². The minimum absolute atomic E-state index is 0.139. The van der Waals surface area contributed by atoms with Crippen LogP contribution in [0, 0.1) is 10.1 Å². The number of nitro groups is 1. The maximum Gasteiger partial charge on any atom is 0.283 e. The van der Waals surface area contributed by atoms with E-state index in [0.29, 0.717) is 10.5 Å². The van der Waals surface area contributed by atoms with Crippen molar-refractivity contribution in [1.82, 2.24) is 9.97 Å². The minimum Gasteiger partial charge on any atom is -0.389 e. The van der Waals surface area contributed by atoms with Crippen LogP contribution in [0.25, 0.3) is 0 Å². The SMILES string of the molecule is C[C@@H](O)c1ccc(Sc2nccc(=O)[nH]2)c([N+](=O)[O-])c1. The molecule has 0 saturated heterocycles. The molecular weight excluding hydrogens is 282 g/mol. The fraction of sp³-hybridized carbons (Fsp3) is 0.167. The molecule has 0 spiro atoms. The summed E-state index contributed by atoms with van der Waals surface area (Å²) in [5.41, 5.74) is -0.0128. The molecule has 0 bridgehead atoms. The number of aliphatic hydroxyl groups is 1. The lowest BCUT2D eigenvalue weighted by Gasteiger charge is -2.07. The number of rotatable bonds is 4. The van der Waals surface area contributed by atoms with Crippen molar-refractivity contribution >= 4 is 17.4 Å². The zero-order chi connectivity index (χ0) is 14.7. The zero-order valence-corrected chi connectivity index (χ0v) is 11.3. The lowest BCUT2D eigenvalue weighted by molar-refractivity contribution is -0.387. The summed E-state index contributed by atoms with van der Waals surface area (Å²) in [7, 11) is 0. The monoisotopic (exact) mass is 293 g/mol. The summed E-state index contributed by atoms with van der Waals surface area (Å²) >= 11 is 0.987. The number of H-pyrrole nitrogens is 1. The number of aliphatic hydroxyl groups excluding tert-OH is 1. The number of aromatic nitrogens is 2. The fourth-order valence-corrected chi connectivity index (χ4v) is 2.38. The van der Waals surface area contributed by atoms with Crippen molar-refractivity contribution in [3.8, 4) is 0 Å². The molecule has 20 heavy (non-hydrogen) atoms. The van der Waals surface area contributed by atoms with Crippen LogP contribution in [0.5, 0.6) is 0 Å². The van der Waals surface area contributed by atoms with Gasteiger partial charge in [0.15, 0.2) is 5.16 Å². The highest BCUT2D eigenvalue weighted by molar-refractivity contribution is 7.99. The van der Waals surface area contributed by atoms with Gasteiger partial charge in [0.2, 0.25) is 0 Å². The van der Waals surface area contributed by atoms with Gasteiger partial charge in [-0.05, 0) is 30.3 Å². The van der Waals surface area contributed by atoms with E-state index in [9.17, 15) is 20.0 Å². The van der Waals surface area contributed by atoms with Crippen LogP contribution in [0.15, 0.2) is 45.3 Å². The zero-order valence-electron chi connectivity index (χ0n) is 10.4. The molecule has 1 atom stereocenters.